The molecule has 0 N–H and O–H groups in total. The molecule has 2 rings (SSSR count). The van der Waals surface area contributed by atoms with Crippen LogP contribution in [0.3, 0.4) is 0 Å². The standard InChI is InChI=1S/C18H24N2O4/c1-4-15(18(23)24-11-12(2)3)20-10-14(8-16(20)21)17(22)13-6-5-7-19-9-13/h5-7,9,12,14-15H,4,8,10-11H2,1-3H3. The summed E-state index contributed by atoms with van der Waals surface area (Å²) in [6.45, 7) is 6.33. The van der Waals surface area contributed by atoms with Gasteiger partial charge in [0.2, 0.25) is 5.91 Å². The first-order chi connectivity index (χ1) is 11.4. The summed E-state index contributed by atoms with van der Waals surface area (Å²) in [5, 5.41) is 0. The molecule has 1 aromatic rings. The zero-order valence-corrected chi connectivity index (χ0v) is 14.4. The van der Waals surface area contributed by atoms with Crippen molar-refractivity contribution in [2.75, 3.05) is 13.2 Å². The number of Topliss-reactive ketones (excluding diaryl/α,β-unsaturated/α-hetero) is 1. The van der Waals surface area contributed by atoms with Gasteiger partial charge < -0.3 is 9.64 Å². The van der Waals surface area contributed by atoms with Crippen molar-refractivity contribution in [1.29, 1.82) is 0 Å². The lowest BCUT2D eigenvalue weighted by molar-refractivity contribution is -0.154. The topological polar surface area (TPSA) is 76.6 Å². The van der Waals surface area contributed by atoms with Gasteiger partial charge in [0.15, 0.2) is 5.78 Å². The van der Waals surface area contributed by atoms with Crippen LogP contribution in [0.25, 0.3) is 0 Å². The van der Waals surface area contributed by atoms with Gasteiger partial charge in [-0.25, -0.2) is 4.79 Å². The van der Waals surface area contributed by atoms with Crippen molar-refractivity contribution in [3.05, 3.63) is 30.1 Å². The molecule has 1 aromatic heterocycles. The second-order valence-electron chi connectivity index (χ2n) is 6.50. The molecular formula is C18H24N2O4. The minimum atomic E-state index is -0.622. The molecule has 1 amide bonds. The van der Waals surface area contributed by atoms with Crippen molar-refractivity contribution in [3.8, 4) is 0 Å². The smallest absolute Gasteiger partial charge is 0.328 e. The van der Waals surface area contributed by atoms with Crippen LogP contribution in [0.2, 0.25) is 0 Å². The molecule has 0 bridgehead atoms. The molecule has 6 heteroatoms. The molecule has 0 radical (unpaired) electrons. The third-order valence-corrected chi connectivity index (χ3v) is 4.07. The minimum absolute atomic E-state index is 0.107. The molecule has 2 heterocycles. The average molecular weight is 332 g/mol. The first kappa shape index (κ1) is 18.1. The van der Waals surface area contributed by atoms with E-state index in [1.165, 1.54) is 11.1 Å². The molecule has 0 aliphatic carbocycles. The van der Waals surface area contributed by atoms with E-state index < -0.39 is 17.9 Å². The highest BCUT2D eigenvalue weighted by Gasteiger charge is 2.40. The Morgan fingerprint density at radius 3 is 2.75 bits per heavy atom. The lowest BCUT2D eigenvalue weighted by Crippen LogP contribution is -2.43. The molecule has 1 aliphatic rings. The number of carbonyl (C=O) groups is 3. The number of hydrogen-bond acceptors (Lipinski definition) is 5. The Morgan fingerprint density at radius 2 is 2.17 bits per heavy atom. The Morgan fingerprint density at radius 1 is 1.42 bits per heavy atom. The molecule has 130 valence electrons. The summed E-state index contributed by atoms with van der Waals surface area (Å²) in [6.07, 6.45) is 3.70. The molecule has 1 saturated heterocycles. The van der Waals surface area contributed by atoms with E-state index in [2.05, 4.69) is 4.98 Å². The molecule has 1 fully saturated rings. The summed E-state index contributed by atoms with van der Waals surface area (Å²) in [4.78, 5) is 42.5. The molecule has 2 unspecified atom stereocenters. The van der Waals surface area contributed by atoms with E-state index in [0.717, 1.165) is 0 Å². The van der Waals surface area contributed by atoms with Crippen LogP contribution < -0.4 is 0 Å². The van der Waals surface area contributed by atoms with Gasteiger partial charge in [-0.1, -0.05) is 20.8 Å². The van der Waals surface area contributed by atoms with Crippen molar-refractivity contribution in [3.63, 3.8) is 0 Å². The molecule has 1 aliphatic heterocycles. The predicted octanol–water partition coefficient (Wildman–Crippen LogP) is 2.09. The van der Waals surface area contributed by atoms with E-state index in [9.17, 15) is 14.4 Å². The third-order valence-electron chi connectivity index (χ3n) is 4.07. The lowest BCUT2D eigenvalue weighted by Gasteiger charge is -2.25. The fraction of sp³-hybridized carbons (Fsp3) is 0.556. The Balaban J connectivity index is 2.05. The SMILES string of the molecule is CCC(C(=O)OCC(C)C)N1CC(C(=O)c2cccnc2)CC1=O. The summed E-state index contributed by atoms with van der Waals surface area (Å²) in [7, 11) is 0. The summed E-state index contributed by atoms with van der Waals surface area (Å²) in [5.41, 5.74) is 0.493. The van der Waals surface area contributed by atoms with Crippen LogP contribution in [0.1, 0.15) is 44.0 Å². The van der Waals surface area contributed by atoms with Gasteiger partial charge in [0.25, 0.3) is 0 Å². The summed E-state index contributed by atoms with van der Waals surface area (Å²) < 4.78 is 5.27. The number of likely N-dealkylation sites (tertiary alicyclic amines) is 1. The van der Waals surface area contributed by atoms with Gasteiger partial charge in [-0.2, -0.15) is 0 Å². The van der Waals surface area contributed by atoms with Gasteiger partial charge in [0.05, 0.1) is 6.61 Å². The van der Waals surface area contributed by atoms with E-state index in [-0.39, 0.29) is 30.6 Å². The highest BCUT2D eigenvalue weighted by molar-refractivity contribution is 6.01. The zero-order chi connectivity index (χ0) is 17.7. The number of rotatable bonds is 7. The predicted molar refractivity (Wildman–Crippen MR) is 88.3 cm³/mol. The summed E-state index contributed by atoms with van der Waals surface area (Å²) in [6, 6.07) is 2.76. The van der Waals surface area contributed by atoms with Gasteiger partial charge in [0.1, 0.15) is 6.04 Å². The van der Waals surface area contributed by atoms with Crippen molar-refractivity contribution >= 4 is 17.7 Å². The molecule has 24 heavy (non-hydrogen) atoms. The van der Waals surface area contributed by atoms with E-state index in [1.54, 1.807) is 18.3 Å². The van der Waals surface area contributed by atoms with Crippen LogP contribution in [0.4, 0.5) is 0 Å². The molecule has 0 aromatic carbocycles. The fourth-order valence-corrected chi connectivity index (χ4v) is 2.81. The van der Waals surface area contributed by atoms with E-state index >= 15 is 0 Å². The van der Waals surface area contributed by atoms with Crippen molar-refractivity contribution in [1.82, 2.24) is 9.88 Å². The quantitative estimate of drug-likeness (QED) is 0.564. The Kier molecular flexibility index (Phi) is 6.06. The van der Waals surface area contributed by atoms with Crippen LogP contribution >= 0.6 is 0 Å². The third kappa shape index (κ3) is 4.19. The largest absolute Gasteiger partial charge is 0.464 e. The molecule has 6 nitrogen and oxygen atoms in total. The minimum Gasteiger partial charge on any atom is -0.464 e. The molecular weight excluding hydrogens is 308 g/mol. The average Bonchev–Trinajstić information content (AvgIpc) is 2.95. The van der Waals surface area contributed by atoms with Crippen LogP contribution in [-0.2, 0) is 14.3 Å². The van der Waals surface area contributed by atoms with Crippen molar-refractivity contribution in [2.24, 2.45) is 11.8 Å². The molecule has 0 saturated carbocycles. The maximum atomic E-state index is 12.5. The number of carbonyl (C=O) groups excluding carboxylic acids is 3. The molecule has 2 atom stereocenters. The fourth-order valence-electron chi connectivity index (χ4n) is 2.81. The Labute approximate surface area is 142 Å². The van der Waals surface area contributed by atoms with E-state index in [4.69, 9.17) is 4.74 Å². The number of esters is 1. The normalized spacial score (nSPS) is 18.8. The first-order valence-electron chi connectivity index (χ1n) is 8.34. The van der Waals surface area contributed by atoms with Crippen LogP contribution in [0.5, 0.6) is 0 Å². The first-order valence-corrected chi connectivity index (χ1v) is 8.34. The van der Waals surface area contributed by atoms with Gasteiger partial charge in [-0.3, -0.25) is 14.6 Å². The number of ether oxygens (including phenoxy) is 1. The van der Waals surface area contributed by atoms with E-state index in [1.807, 2.05) is 20.8 Å². The van der Waals surface area contributed by atoms with E-state index in [0.29, 0.717) is 18.6 Å². The maximum absolute atomic E-state index is 12.5. The number of nitrogens with zero attached hydrogens (tertiary/aromatic N) is 2. The van der Waals surface area contributed by atoms with Crippen molar-refractivity contribution < 1.29 is 19.1 Å². The second kappa shape index (κ2) is 8.04. The number of ketones is 1. The second-order valence-corrected chi connectivity index (χ2v) is 6.50. The summed E-state index contributed by atoms with van der Waals surface area (Å²) in [5.74, 6) is -0.877. The number of aromatic nitrogens is 1. The Bertz CT molecular complexity index is 600. The molecule has 0 spiro atoms. The highest BCUT2D eigenvalue weighted by atomic mass is 16.5. The van der Waals surface area contributed by atoms with Crippen molar-refractivity contribution in [2.45, 2.75) is 39.7 Å². The summed E-state index contributed by atoms with van der Waals surface area (Å²) >= 11 is 0. The maximum Gasteiger partial charge on any atom is 0.328 e. The van der Waals surface area contributed by atoms with Gasteiger partial charge >= 0.3 is 5.97 Å². The lowest BCUT2D eigenvalue weighted by atomic mass is 9.98. The number of amides is 1. The van der Waals surface area contributed by atoms with Crippen LogP contribution in [-0.4, -0.2) is 46.7 Å². The zero-order valence-electron chi connectivity index (χ0n) is 14.4. The number of hydrogen-bond donors (Lipinski definition) is 0. The van der Waals surface area contributed by atoms with Gasteiger partial charge in [-0.15, -0.1) is 0 Å². The van der Waals surface area contributed by atoms with Gasteiger partial charge in [-0.05, 0) is 24.5 Å². The number of pyridine rings is 1. The van der Waals surface area contributed by atoms with Crippen LogP contribution in [0, 0.1) is 11.8 Å². The van der Waals surface area contributed by atoms with Crippen LogP contribution in [0.15, 0.2) is 24.5 Å². The monoisotopic (exact) mass is 332 g/mol. The van der Waals surface area contributed by atoms with Gasteiger partial charge in [0, 0.05) is 36.8 Å². The highest BCUT2D eigenvalue weighted by Crippen LogP contribution is 2.25. The Hall–Kier alpha value is -2.24.